The average Bonchev–Trinajstić information content (AvgIpc) is 3.03. The van der Waals surface area contributed by atoms with Gasteiger partial charge >= 0.3 is 0 Å². The molecule has 1 amide bonds. The van der Waals surface area contributed by atoms with E-state index in [-0.39, 0.29) is 17.7 Å². The Morgan fingerprint density at radius 1 is 1.13 bits per heavy atom. The number of benzene rings is 1. The minimum absolute atomic E-state index is 0.0149. The lowest BCUT2D eigenvalue weighted by atomic mass is 10.00. The zero-order valence-corrected chi connectivity index (χ0v) is 13.9. The highest BCUT2D eigenvalue weighted by Crippen LogP contribution is 2.32. The number of carbonyl (C=O) groups excluding carboxylic acids is 1. The third-order valence-electron chi connectivity index (χ3n) is 4.26. The molecule has 0 fully saturated rings. The highest BCUT2D eigenvalue weighted by molar-refractivity contribution is 7.92. The van der Waals surface area contributed by atoms with Crippen molar-refractivity contribution in [3.63, 3.8) is 0 Å². The second-order valence-corrected chi connectivity index (χ2v) is 8.06. The zero-order valence-electron chi connectivity index (χ0n) is 13.1. The fraction of sp³-hybridized carbons (Fsp3) is 0.353. The van der Waals surface area contributed by atoms with Crippen molar-refractivity contribution in [2.24, 2.45) is 0 Å². The van der Waals surface area contributed by atoms with E-state index in [0.717, 1.165) is 11.3 Å². The van der Waals surface area contributed by atoms with Gasteiger partial charge in [-0.15, -0.1) is 0 Å². The molecule has 1 aliphatic heterocycles. The van der Waals surface area contributed by atoms with Crippen LogP contribution in [0.5, 0.6) is 0 Å². The molecule has 2 aromatic rings. The fourth-order valence-electron chi connectivity index (χ4n) is 3.01. The summed E-state index contributed by atoms with van der Waals surface area (Å²) in [6.07, 6.45) is 2.00. The molecule has 1 unspecified atom stereocenters. The van der Waals surface area contributed by atoms with Gasteiger partial charge in [-0.25, -0.2) is 8.42 Å². The lowest BCUT2D eigenvalue weighted by Crippen LogP contribution is -2.44. The summed E-state index contributed by atoms with van der Waals surface area (Å²) in [5.74, 6) is -0.764. The Balaban J connectivity index is 1.98. The summed E-state index contributed by atoms with van der Waals surface area (Å²) in [5, 5.41) is 0. The zero-order chi connectivity index (χ0) is 16.4. The second-order valence-electron chi connectivity index (χ2n) is 5.70. The first-order valence-corrected chi connectivity index (χ1v) is 9.54. The van der Waals surface area contributed by atoms with Gasteiger partial charge < -0.3 is 9.47 Å². The van der Waals surface area contributed by atoms with Gasteiger partial charge in [-0.3, -0.25) is 4.79 Å². The van der Waals surface area contributed by atoms with Crippen LogP contribution in [0.1, 0.15) is 24.2 Å². The van der Waals surface area contributed by atoms with E-state index < -0.39 is 15.6 Å². The standard InChI is InChI=1S/C17H20N2O3S/c1-2-23(21,22)13-16(20)19-12-11-18-10-6-9-15(18)17(19)14-7-4-3-5-8-14/h3-10,17H,2,11-13H2,1H3. The Morgan fingerprint density at radius 3 is 2.57 bits per heavy atom. The van der Waals surface area contributed by atoms with Crippen molar-refractivity contribution in [1.29, 1.82) is 0 Å². The van der Waals surface area contributed by atoms with Crippen LogP contribution in [0.4, 0.5) is 0 Å². The fourth-order valence-corrected chi connectivity index (χ4v) is 3.76. The van der Waals surface area contributed by atoms with Crippen molar-refractivity contribution in [3.05, 3.63) is 59.9 Å². The number of hydrogen-bond acceptors (Lipinski definition) is 3. The van der Waals surface area contributed by atoms with Crippen LogP contribution in [-0.2, 0) is 21.2 Å². The van der Waals surface area contributed by atoms with Gasteiger partial charge in [0.2, 0.25) is 5.91 Å². The number of carbonyl (C=O) groups is 1. The van der Waals surface area contributed by atoms with Crippen LogP contribution in [-0.4, -0.2) is 41.8 Å². The van der Waals surface area contributed by atoms with E-state index in [1.54, 1.807) is 11.8 Å². The molecule has 3 rings (SSSR count). The molecule has 0 radical (unpaired) electrons. The Bertz CT molecular complexity index is 796. The van der Waals surface area contributed by atoms with Crippen molar-refractivity contribution in [3.8, 4) is 0 Å². The predicted molar refractivity (Wildman–Crippen MR) is 88.8 cm³/mol. The first-order valence-electron chi connectivity index (χ1n) is 7.71. The number of rotatable bonds is 4. The molecule has 0 spiro atoms. The van der Waals surface area contributed by atoms with Gasteiger partial charge in [0.25, 0.3) is 0 Å². The van der Waals surface area contributed by atoms with Crippen molar-refractivity contribution >= 4 is 15.7 Å². The largest absolute Gasteiger partial charge is 0.348 e. The molecule has 1 aromatic carbocycles. The Hall–Kier alpha value is -2.08. The van der Waals surface area contributed by atoms with Gasteiger partial charge in [-0.1, -0.05) is 37.3 Å². The van der Waals surface area contributed by atoms with Crippen LogP contribution in [0.25, 0.3) is 0 Å². The number of sulfone groups is 1. The first-order chi connectivity index (χ1) is 11.0. The van der Waals surface area contributed by atoms with E-state index in [9.17, 15) is 13.2 Å². The molecule has 0 saturated carbocycles. The van der Waals surface area contributed by atoms with Crippen LogP contribution < -0.4 is 0 Å². The van der Waals surface area contributed by atoms with Crippen LogP contribution in [0.3, 0.4) is 0 Å². The Morgan fingerprint density at radius 2 is 1.87 bits per heavy atom. The van der Waals surface area contributed by atoms with Gasteiger partial charge in [0, 0.05) is 30.7 Å². The number of nitrogens with zero attached hydrogens (tertiary/aromatic N) is 2. The van der Waals surface area contributed by atoms with E-state index in [0.29, 0.717) is 13.1 Å². The third-order valence-corrected chi connectivity index (χ3v) is 5.82. The Labute approximate surface area is 136 Å². The van der Waals surface area contributed by atoms with Gasteiger partial charge in [-0.2, -0.15) is 0 Å². The first kappa shape index (κ1) is 15.8. The quantitative estimate of drug-likeness (QED) is 0.858. The topological polar surface area (TPSA) is 59.4 Å². The van der Waals surface area contributed by atoms with Crippen molar-refractivity contribution in [1.82, 2.24) is 9.47 Å². The predicted octanol–water partition coefficient (Wildman–Crippen LogP) is 1.85. The molecule has 6 heteroatoms. The molecule has 0 saturated heterocycles. The summed E-state index contributed by atoms with van der Waals surface area (Å²) in [5.41, 5.74) is 2.01. The number of hydrogen-bond donors (Lipinski definition) is 0. The maximum atomic E-state index is 12.6. The number of fused-ring (bicyclic) bond motifs is 1. The van der Waals surface area contributed by atoms with Crippen molar-refractivity contribution in [2.45, 2.75) is 19.5 Å². The van der Waals surface area contributed by atoms with Crippen LogP contribution in [0.2, 0.25) is 0 Å². The maximum Gasteiger partial charge on any atom is 0.238 e. The Kier molecular flexibility index (Phi) is 4.26. The van der Waals surface area contributed by atoms with E-state index in [1.807, 2.05) is 48.7 Å². The maximum absolute atomic E-state index is 12.6. The summed E-state index contributed by atoms with van der Waals surface area (Å²) in [7, 11) is -3.34. The molecule has 122 valence electrons. The van der Waals surface area contributed by atoms with E-state index >= 15 is 0 Å². The minimum Gasteiger partial charge on any atom is -0.348 e. The average molecular weight is 332 g/mol. The molecule has 1 atom stereocenters. The molecule has 0 aliphatic carbocycles. The van der Waals surface area contributed by atoms with Gasteiger partial charge in [0.05, 0.1) is 6.04 Å². The monoisotopic (exact) mass is 332 g/mol. The van der Waals surface area contributed by atoms with E-state index in [4.69, 9.17) is 0 Å². The number of aromatic nitrogens is 1. The number of amides is 1. The van der Waals surface area contributed by atoms with Crippen molar-refractivity contribution in [2.75, 3.05) is 18.1 Å². The minimum atomic E-state index is -3.34. The summed E-state index contributed by atoms with van der Waals surface area (Å²) >= 11 is 0. The van der Waals surface area contributed by atoms with Crippen LogP contribution in [0, 0.1) is 0 Å². The van der Waals surface area contributed by atoms with E-state index in [2.05, 4.69) is 4.57 Å². The molecular formula is C17H20N2O3S. The summed E-state index contributed by atoms with van der Waals surface area (Å²) in [4.78, 5) is 14.3. The highest BCUT2D eigenvalue weighted by atomic mass is 32.2. The lowest BCUT2D eigenvalue weighted by Gasteiger charge is -2.37. The third kappa shape index (κ3) is 3.17. The molecule has 23 heavy (non-hydrogen) atoms. The highest BCUT2D eigenvalue weighted by Gasteiger charge is 2.33. The van der Waals surface area contributed by atoms with Crippen molar-refractivity contribution < 1.29 is 13.2 Å². The smallest absolute Gasteiger partial charge is 0.238 e. The van der Waals surface area contributed by atoms with Gasteiger partial charge in [0.15, 0.2) is 9.84 Å². The molecule has 1 aromatic heterocycles. The molecule has 0 N–H and O–H groups in total. The summed E-state index contributed by atoms with van der Waals surface area (Å²) in [6.45, 7) is 2.77. The SMILES string of the molecule is CCS(=O)(=O)CC(=O)N1CCn2cccc2C1c1ccccc1. The van der Waals surface area contributed by atoms with Gasteiger partial charge in [0.1, 0.15) is 5.75 Å². The summed E-state index contributed by atoms with van der Waals surface area (Å²) < 4.78 is 25.8. The molecule has 2 heterocycles. The molecule has 1 aliphatic rings. The second kappa shape index (κ2) is 6.20. The van der Waals surface area contributed by atoms with Crippen LogP contribution >= 0.6 is 0 Å². The van der Waals surface area contributed by atoms with Gasteiger partial charge in [-0.05, 0) is 17.7 Å². The van der Waals surface area contributed by atoms with Crippen LogP contribution in [0.15, 0.2) is 48.7 Å². The normalized spacial score (nSPS) is 17.8. The summed E-state index contributed by atoms with van der Waals surface area (Å²) in [6, 6.07) is 13.5. The van der Waals surface area contributed by atoms with E-state index in [1.165, 1.54) is 0 Å². The molecule has 5 nitrogen and oxygen atoms in total. The lowest BCUT2D eigenvalue weighted by molar-refractivity contribution is -0.131. The molecule has 0 bridgehead atoms. The molecular weight excluding hydrogens is 312 g/mol.